The number of hydrogen-bond donors (Lipinski definition) is 3. The van der Waals surface area contributed by atoms with Crippen LogP contribution in [0.15, 0.2) is 23.0 Å². The van der Waals surface area contributed by atoms with E-state index in [1.54, 1.807) is 18.2 Å². The van der Waals surface area contributed by atoms with Gasteiger partial charge in [0.15, 0.2) is 0 Å². The third-order valence-electron chi connectivity index (χ3n) is 4.40. The Bertz CT molecular complexity index is 733. The first-order chi connectivity index (χ1) is 10.5. The van der Waals surface area contributed by atoms with E-state index >= 15 is 0 Å². The third-order valence-corrected chi connectivity index (χ3v) is 4.40. The number of piperidine rings is 1. The molecule has 6 heteroatoms. The van der Waals surface area contributed by atoms with E-state index in [4.69, 9.17) is 0 Å². The molecule has 1 aromatic heterocycles. The van der Waals surface area contributed by atoms with E-state index in [-0.39, 0.29) is 17.6 Å². The van der Waals surface area contributed by atoms with Gasteiger partial charge in [-0.3, -0.25) is 9.69 Å². The van der Waals surface area contributed by atoms with Crippen LogP contribution in [0.3, 0.4) is 0 Å². The van der Waals surface area contributed by atoms with Gasteiger partial charge in [0.05, 0.1) is 17.1 Å². The Kier molecular flexibility index (Phi) is 4.02. The van der Waals surface area contributed by atoms with Crippen LogP contribution in [0.4, 0.5) is 5.69 Å². The predicted octanol–water partition coefficient (Wildman–Crippen LogP) is 1.92. The first-order valence-electron chi connectivity index (χ1n) is 7.80. The normalized spacial score (nSPS) is 20.9. The Morgan fingerprint density at radius 2 is 2.14 bits per heavy atom. The maximum Gasteiger partial charge on any atom is 0.323 e. The fraction of sp³-hybridized carbons (Fsp3) is 0.500. The van der Waals surface area contributed by atoms with Gasteiger partial charge in [-0.2, -0.15) is 0 Å². The molecule has 22 heavy (non-hydrogen) atoms. The van der Waals surface area contributed by atoms with Gasteiger partial charge < -0.3 is 15.3 Å². The second kappa shape index (κ2) is 5.96. The maximum atomic E-state index is 12.4. The van der Waals surface area contributed by atoms with Gasteiger partial charge in [0, 0.05) is 12.2 Å². The Labute approximate surface area is 128 Å². The van der Waals surface area contributed by atoms with E-state index in [1.807, 2.05) is 6.92 Å². The average molecular weight is 302 g/mol. The van der Waals surface area contributed by atoms with Crippen molar-refractivity contribution in [2.75, 3.05) is 18.4 Å². The summed E-state index contributed by atoms with van der Waals surface area (Å²) in [6.07, 6.45) is 2.39. The molecule has 0 spiro atoms. The van der Waals surface area contributed by atoms with Crippen molar-refractivity contribution in [2.45, 2.75) is 32.7 Å². The van der Waals surface area contributed by atoms with Gasteiger partial charge in [0.2, 0.25) is 5.91 Å². The third kappa shape index (κ3) is 3.06. The number of nitrogens with one attached hydrogen (secondary N) is 3. The van der Waals surface area contributed by atoms with Crippen LogP contribution in [0.1, 0.15) is 26.7 Å². The number of fused-ring (bicyclic) bond motifs is 1. The van der Waals surface area contributed by atoms with Crippen molar-refractivity contribution in [1.29, 1.82) is 0 Å². The number of likely N-dealkylation sites (tertiary alicyclic amines) is 1. The van der Waals surface area contributed by atoms with E-state index in [0.717, 1.165) is 25.0 Å². The van der Waals surface area contributed by atoms with Crippen molar-refractivity contribution in [3.8, 4) is 0 Å². The Morgan fingerprint density at radius 3 is 2.91 bits per heavy atom. The van der Waals surface area contributed by atoms with E-state index in [0.29, 0.717) is 17.1 Å². The first kappa shape index (κ1) is 14.8. The Balaban J connectivity index is 1.70. The van der Waals surface area contributed by atoms with Crippen LogP contribution in [0.2, 0.25) is 0 Å². The summed E-state index contributed by atoms with van der Waals surface area (Å²) in [5.74, 6) is 0.636. The number of carbonyl (C=O) groups excluding carboxylic acids is 1. The van der Waals surface area contributed by atoms with Gasteiger partial charge in [-0.25, -0.2) is 4.79 Å². The van der Waals surface area contributed by atoms with Crippen molar-refractivity contribution in [1.82, 2.24) is 14.9 Å². The number of hydrogen-bond acceptors (Lipinski definition) is 3. The molecule has 1 fully saturated rings. The maximum absolute atomic E-state index is 12.4. The zero-order valence-corrected chi connectivity index (χ0v) is 13.0. The molecule has 1 aromatic carbocycles. The topological polar surface area (TPSA) is 81.0 Å². The number of nitrogens with zero attached hydrogens (tertiary/aromatic N) is 1. The molecule has 0 radical (unpaired) electrons. The summed E-state index contributed by atoms with van der Waals surface area (Å²) in [7, 11) is 0. The van der Waals surface area contributed by atoms with Gasteiger partial charge in [-0.05, 0) is 50.4 Å². The van der Waals surface area contributed by atoms with E-state index in [1.165, 1.54) is 6.42 Å². The Morgan fingerprint density at radius 1 is 1.36 bits per heavy atom. The molecule has 0 unspecified atom stereocenters. The number of imidazole rings is 1. The van der Waals surface area contributed by atoms with Crippen LogP contribution in [-0.2, 0) is 4.79 Å². The molecule has 3 rings (SSSR count). The van der Waals surface area contributed by atoms with Crippen molar-refractivity contribution in [3.63, 3.8) is 0 Å². The molecule has 3 N–H and O–H groups in total. The average Bonchev–Trinajstić information content (AvgIpc) is 2.85. The summed E-state index contributed by atoms with van der Waals surface area (Å²) >= 11 is 0. The molecule has 2 aromatic rings. The van der Waals surface area contributed by atoms with Crippen LogP contribution in [-0.4, -0.2) is 39.9 Å². The number of benzene rings is 1. The van der Waals surface area contributed by atoms with Gasteiger partial charge in [0.25, 0.3) is 0 Å². The van der Waals surface area contributed by atoms with E-state index in [2.05, 4.69) is 27.1 Å². The SMILES string of the molecule is C[C@H]1CCCN([C@H](C)C(=O)Nc2ccc3[nH]c(=O)[nH]c3c2)C1. The molecule has 1 aliphatic heterocycles. The van der Waals surface area contributed by atoms with Crippen LogP contribution < -0.4 is 11.0 Å². The largest absolute Gasteiger partial charge is 0.325 e. The quantitative estimate of drug-likeness (QED) is 0.810. The molecule has 2 atom stereocenters. The molecule has 0 bridgehead atoms. The highest BCUT2D eigenvalue weighted by Gasteiger charge is 2.25. The van der Waals surface area contributed by atoms with Gasteiger partial charge in [-0.15, -0.1) is 0 Å². The van der Waals surface area contributed by atoms with Gasteiger partial charge in [-0.1, -0.05) is 6.92 Å². The second-order valence-electron chi connectivity index (χ2n) is 6.25. The highest BCUT2D eigenvalue weighted by molar-refractivity contribution is 5.96. The zero-order chi connectivity index (χ0) is 15.7. The molecule has 1 amide bonds. The molecule has 6 nitrogen and oxygen atoms in total. The number of H-pyrrole nitrogens is 2. The molecule has 0 aliphatic carbocycles. The van der Waals surface area contributed by atoms with Gasteiger partial charge in [0.1, 0.15) is 0 Å². The molecule has 2 heterocycles. The predicted molar refractivity (Wildman–Crippen MR) is 87.0 cm³/mol. The number of amides is 1. The van der Waals surface area contributed by atoms with Crippen LogP contribution in [0.25, 0.3) is 11.0 Å². The van der Waals surface area contributed by atoms with Gasteiger partial charge >= 0.3 is 5.69 Å². The number of aromatic amines is 2. The summed E-state index contributed by atoms with van der Waals surface area (Å²) < 4.78 is 0. The smallest absolute Gasteiger partial charge is 0.323 e. The monoisotopic (exact) mass is 302 g/mol. The molecule has 1 aliphatic rings. The van der Waals surface area contributed by atoms with E-state index < -0.39 is 0 Å². The lowest BCUT2D eigenvalue weighted by atomic mass is 9.99. The Hall–Kier alpha value is -2.08. The number of anilines is 1. The summed E-state index contributed by atoms with van der Waals surface area (Å²) in [5, 5.41) is 2.94. The van der Waals surface area contributed by atoms with Crippen LogP contribution in [0, 0.1) is 5.92 Å². The lowest BCUT2D eigenvalue weighted by molar-refractivity contribution is -0.121. The number of rotatable bonds is 3. The lowest BCUT2D eigenvalue weighted by Crippen LogP contribution is -2.46. The fourth-order valence-corrected chi connectivity index (χ4v) is 3.10. The fourth-order valence-electron chi connectivity index (χ4n) is 3.10. The number of aromatic nitrogens is 2. The van der Waals surface area contributed by atoms with Crippen LogP contribution >= 0.6 is 0 Å². The summed E-state index contributed by atoms with van der Waals surface area (Å²) in [6, 6.07) is 5.21. The highest BCUT2D eigenvalue weighted by atomic mass is 16.2. The minimum Gasteiger partial charge on any atom is -0.325 e. The standard InChI is InChI=1S/C16H22N4O2/c1-10-4-3-7-20(9-10)11(2)15(21)17-12-5-6-13-14(8-12)19-16(22)18-13/h5-6,8,10-11H,3-4,7,9H2,1-2H3,(H,17,21)(H2,18,19,22)/t10-,11+/m0/s1. The minimum atomic E-state index is -0.242. The lowest BCUT2D eigenvalue weighted by Gasteiger charge is -2.34. The summed E-state index contributed by atoms with van der Waals surface area (Å²) in [4.78, 5) is 31.3. The molecule has 1 saturated heterocycles. The zero-order valence-electron chi connectivity index (χ0n) is 13.0. The van der Waals surface area contributed by atoms with Crippen molar-refractivity contribution in [2.24, 2.45) is 5.92 Å². The number of carbonyl (C=O) groups is 1. The van der Waals surface area contributed by atoms with Crippen LogP contribution in [0.5, 0.6) is 0 Å². The second-order valence-corrected chi connectivity index (χ2v) is 6.25. The molecule has 118 valence electrons. The van der Waals surface area contributed by atoms with Crippen molar-refractivity contribution >= 4 is 22.6 Å². The molecule has 0 saturated carbocycles. The van der Waals surface area contributed by atoms with Crippen molar-refractivity contribution < 1.29 is 4.79 Å². The minimum absolute atomic E-state index is 0.00803. The molecular weight excluding hydrogens is 280 g/mol. The highest BCUT2D eigenvalue weighted by Crippen LogP contribution is 2.19. The summed E-state index contributed by atoms with van der Waals surface area (Å²) in [5.41, 5.74) is 1.89. The molecular formula is C16H22N4O2. The summed E-state index contributed by atoms with van der Waals surface area (Å²) in [6.45, 7) is 6.12. The van der Waals surface area contributed by atoms with Crippen molar-refractivity contribution in [3.05, 3.63) is 28.7 Å². The van der Waals surface area contributed by atoms with E-state index in [9.17, 15) is 9.59 Å². The first-order valence-corrected chi connectivity index (χ1v) is 7.80.